The maximum absolute atomic E-state index is 12.2. The Morgan fingerprint density at radius 2 is 1.96 bits per heavy atom. The van der Waals surface area contributed by atoms with Gasteiger partial charge in [0.1, 0.15) is 0 Å². The van der Waals surface area contributed by atoms with E-state index in [2.05, 4.69) is 0 Å². The number of hydrogen-bond donors (Lipinski definition) is 0. The van der Waals surface area contributed by atoms with Gasteiger partial charge < -0.3 is 19.1 Å². The maximum Gasteiger partial charge on any atom is 0.338 e. The van der Waals surface area contributed by atoms with Gasteiger partial charge in [0.25, 0.3) is 5.91 Å². The lowest BCUT2D eigenvalue weighted by Gasteiger charge is -2.16. The van der Waals surface area contributed by atoms with Crippen molar-refractivity contribution in [2.75, 3.05) is 27.4 Å². The van der Waals surface area contributed by atoms with Crippen LogP contribution in [0.5, 0.6) is 11.5 Å². The molecule has 8 heteroatoms. The number of carbonyl (C=O) groups excluding carboxylic acids is 2. The summed E-state index contributed by atoms with van der Waals surface area (Å²) < 4.78 is 16.4. The lowest BCUT2D eigenvalue weighted by molar-refractivity contribution is -0.133. The molecule has 1 amide bonds. The Balaban J connectivity index is 1.92. The fraction of sp³-hybridized carbons (Fsp3) is 0.333. The Kier molecular flexibility index (Phi) is 7.29. The molecule has 2 rings (SSSR count). The number of nitrogens with zero attached hydrogens (tertiary/aromatic N) is 1. The van der Waals surface area contributed by atoms with E-state index in [1.807, 2.05) is 13.0 Å². The van der Waals surface area contributed by atoms with E-state index in [0.29, 0.717) is 29.0 Å². The van der Waals surface area contributed by atoms with Crippen molar-refractivity contribution in [2.45, 2.75) is 13.5 Å². The monoisotopic (exact) mass is 397 g/mol. The molecule has 0 fully saturated rings. The number of methoxy groups -OCH3 is 1. The van der Waals surface area contributed by atoms with Crippen LogP contribution in [-0.4, -0.2) is 44.1 Å². The highest BCUT2D eigenvalue weighted by atomic mass is 35.5. The number of benzene rings is 1. The topological polar surface area (TPSA) is 65.1 Å². The molecule has 0 aliphatic rings. The minimum absolute atomic E-state index is 0.287. The molecule has 6 nitrogen and oxygen atoms in total. The molecule has 0 saturated heterocycles. The molecule has 0 spiro atoms. The molecule has 1 aromatic carbocycles. The molecule has 26 heavy (non-hydrogen) atoms. The molecule has 0 N–H and O–H groups in total. The first-order chi connectivity index (χ1) is 12.4. The summed E-state index contributed by atoms with van der Waals surface area (Å²) in [5, 5.41) is 0. The van der Waals surface area contributed by atoms with E-state index in [9.17, 15) is 9.59 Å². The first-order valence-corrected chi connectivity index (χ1v) is 9.10. The van der Waals surface area contributed by atoms with E-state index in [1.54, 1.807) is 25.2 Å². The van der Waals surface area contributed by atoms with Gasteiger partial charge in [0.15, 0.2) is 18.1 Å². The van der Waals surface area contributed by atoms with Gasteiger partial charge in [0.05, 0.1) is 30.2 Å². The average molecular weight is 398 g/mol. The van der Waals surface area contributed by atoms with Crippen LogP contribution in [-0.2, 0) is 16.1 Å². The number of esters is 1. The van der Waals surface area contributed by atoms with Gasteiger partial charge in [-0.1, -0.05) is 11.6 Å². The Labute approximate surface area is 161 Å². The van der Waals surface area contributed by atoms with Crippen molar-refractivity contribution < 1.29 is 23.8 Å². The molecule has 2 aromatic rings. The molecular weight excluding hydrogens is 378 g/mol. The van der Waals surface area contributed by atoms with Crippen molar-refractivity contribution in [1.82, 2.24) is 4.90 Å². The Morgan fingerprint density at radius 3 is 2.58 bits per heavy atom. The van der Waals surface area contributed by atoms with Crippen LogP contribution in [0.25, 0.3) is 0 Å². The standard InChI is InChI=1S/C18H20ClNO5S/c1-4-24-15-9-12(5-7-14(15)23-3)18(22)25-11-17(21)20(2)10-13-6-8-16(19)26-13/h5-9H,4,10-11H2,1-3H3. The second-order valence-corrected chi connectivity index (χ2v) is 7.13. The SMILES string of the molecule is CCOc1cc(C(=O)OCC(=O)N(C)Cc2ccc(Cl)s2)ccc1OC. The van der Waals surface area contributed by atoms with Crippen LogP contribution < -0.4 is 9.47 Å². The summed E-state index contributed by atoms with van der Waals surface area (Å²) in [5.41, 5.74) is 0.287. The predicted octanol–water partition coefficient (Wildman–Crippen LogP) is 3.62. The molecule has 1 aromatic heterocycles. The van der Waals surface area contributed by atoms with E-state index in [1.165, 1.54) is 29.4 Å². The van der Waals surface area contributed by atoms with Crippen LogP contribution in [0.2, 0.25) is 4.34 Å². The smallest absolute Gasteiger partial charge is 0.338 e. The van der Waals surface area contributed by atoms with Crippen molar-refractivity contribution in [3.63, 3.8) is 0 Å². The maximum atomic E-state index is 12.2. The minimum atomic E-state index is -0.602. The number of hydrogen-bond acceptors (Lipinski definition) is 6. The quantitative estimate of drug-likeness (QED) is 0.636. The average Bonchev–Trinajstić information content (AvgIpc) is 3.04. The van der Waals surface area contributed by atoms with Crippen LogP contribution in [0.1, 0.15) is 22.2 Å². The van der Waals surface area contributed by atoms with Crippen molar-refractivity contribution in [3.8, 4) is 11.5 Å². The normalized spacial score (nSPS) is 10.3. The fourth-order valence-electron chi connectivity index (χ4n) is 2.15. The third-order valence-corrected chi connectivity index (χ3v) is 4.69. The van der Waals surface area contributed by atoms with Crippen LogP contribution in [0, 0.1) is 0 Å². The van der Waals surface area contributed by atoms with Crippen molar-refractivity contribution in [2.24, 2.45) is 0 Å². The van der Waals surface area contributed by atoms with Gasteiger partial charge in [0, 0.05) is 11.9 Å². The number of amides is 1. The number of carbonyl (C=O) groups is 2. The summed E-state index contributed by atoms with van der Waals surface area (Å²) >= 11 is 7.28. The lowest BCUT2D eigenvalue weighted by atomic mass is 10.2. The lowest BCUT2D eigenvalue weighted by Crippen LogP contribution is -2.30. The van der Waals surface area contributed by atoms with E-state index in [4.69, 9.17) is 25.8 Å². The number of halogens is 1. The van der Waals surface area contributed by atoms with Crippen LogP contribution >= 0.6 is 22.9 Å². The van der Waals surface area contributed by atoms with Gasteiger partial charge in [-0.2, -0.15) is 0 Å². The Bertz CT molecular complexity index is 777. The van der Waals surface area contributed by atoms with Gasteiger partial charge in [0.2, 0.25) is 0 Å². The van der Waals surface area contributed by atoms with Gasteiger partial charge in [-0.15, -0.1) is 11.3 Å². The molecule has 0 atom stereocenters. The molecule has 0 aliphatic heterocycles. The van der Waals surface area contributed by atoms with Crippen molar-refractivity contribution >= 4 is 34.8 Å². The molecule has 140 valence electrons. The predicted molar refractivity (Wildman–Crippen MR) is 100 cm³/mol. The van der Waals surface area contributed by atoms with Gasteiger partial charge in [-0.25, -0.2) is 4.79 Å². The third-order valence-electron chi connectivity index (χ3n) is 3.47. The number of rotatable bonds is 8. The first kappa shape index (κ1) is 20.1. The summed E-state index contributed by atoms with van der Waals surface area (Å²) in [6, 6.07) is 8.35. The van der Waals surface area contributed by atoms with Crippen molar-refractivity contribution in [1.29, 1.82) is 0 Å². The van der Waals surface area contributed by atoms with E-state index >= 15 is 0 Å². The van der Waals surface area contributed by atoms with Gasteiger partial charge in [-0.05, 0) is 37.3 Å². The minimum Gasteiger partial charge on any atom is -0.493 e. The van der Waals surface area contributed by atoms with E-state index in [0.717, 1.165) is 4.88 Å². The molecule has 0 radical (unpaired) electrons. The number of thiophene rings is 1. The Hall–Kier alpha value is -2.25. The molecule has 1 heterocycles. The summed E-state index contributed by atoms with van der Waals surface area (Å²) in [4.78, 5) is 26.8. The third kappa shape index (κ3) is 5.37. The zero-order valence-electron chi connectivity index (χ0n) is 14.8. The molecule has 0 saturated carbocycles. The highest BCUT2D eigenvalue weighted by Gasteiger charge is 2.16. The van der Waals surface area contributed by atoms with Gasteiger partial charge in [-0.3, -0.25) is 4.79 Å². The van der Waals surface area contributed by atoms with Crippen LogP contribution in [0.4, 0.5) is 0 Å². The number of likely N-dealkylation sites (N-methyl/N-ethyl adjacent to an activating group) is 1. The Morgan fingerprint density at radius 1 is 1.19 bits per heavy atom. The molecule has 0 unspecified atom stereocenters. The van der Waals surface area contributed by atoms with Gasteiger partial charge >= 0.3 is 5.97 Å². The zero-order valence-corrected chi connectivity index (χ0v) is 16.4. The number of ether oxygens (including phenoxy) is 3. The second kappa shape index (κ2) is 9.45. The largest absolute Gasteiger partial charge is 0.493 e. The molecular formula is C18H20ClNO5S. The molecule has 0 aliphatic carbocycles. The fourth-order valence-corrected chi connectivity index (χ4v) is 3.29. The highest BCUT2D eigenvalue weighted by molar-refractivity contribution is 7.16. The first-order valence-electron chi connectivity index (χ1n) is 7.90. The summed E-state index contributed by atoms with van der Waals surface area (Å²) in [6.45, 7) is 2.33. The zero-order chi connectivity index (χ0) is 19.1. The highest BCUT2D eigenvalue weighted by Crippen LogP contribution is 2.28. The second-order valence-electron chi connectivity index (χ2n) is 5.33. The van der Waals surface area contributed by atoms with Crippen molar-refractivity contribution in [3.05, 3.63) is 45.1 Å². The molecule has 0 bridgehead atoms. The van der Waals surface area contributed by atoms with E-state index in [-0.39, 0.29) is 18.1 Å². The summed E-state index contributed by atoms with van der Waals surface area (Å²) in [5.74, 6) is 0.0622. The summed E-state index contributed by atoms with van der Waals surface area (Å²) in [7, 11) is 3.16. The van der Waals surface area contributed by atoms with E-state index < -0.39 is 5.97 Å². The van der Waals surface area contributed by atoms with Crippen LogP contribution in [0.15, 0.2) is 30.3 Å². The summed E-state index contributed by atoms with van der Waals surface area (Å²) in [6.07, 6.45) is 0. The van der Waals surface area contributed by atoms with Crippen LogP contribution in [0.3, 0.4) is 0 Å².